The molecule has 0 bridgehead atoms. The first-order valence-electron chi connectivity index (χ1n) is 27.3. The minimum absolute atomic E-state index is 0.0281. The SMILES string of the molecule is C/C(=C\c1ccccc1)CN1CCC(Nc2nccn(CCCN)c2=O)CC1.C/C(=C\c1ccccc1)CN1CCC(Nc2nccn(CCCNCc3ccccc3)c2=O)CC1.C1CCOC1.O=Cc1ccccc1. The van der Waals surface area contributed by atoms with Gasteiger partial charge in [-0.2, -0.15) is 0 Å². The van der Waals surface area contributed by atoms with Crippen molar-refractivity contribution in [2.45, 2.75) is 96.9 Å². The van der Waals surface area contributed by atoms with E-state index in [1.807, 2.05) is 36.4 Å². The van der Waals surface area contributed by atoms with Crippen LogP contribution in [0.15, 0.2) is 167 Å². The molecule has 76 heavy (non-hydrogen) atoms. The number of ether oxygens (including phenoxy) is 1. The van der Waals surface area contributed by atoms with E-state index in [-0.39, 0.29) is 17.2 Å². The Balaban J connectivity index is 0.000000201. The highest BCUT2D eigenvalue weighted by molar-refractivity contribution is 5.74. The molecule has 0 spiro atoms. The first kappa shape index (κ1) is 58.5. The van der Waals surface area contributed by atoms with Gasteiger partial charge in [-0.15, -0.1) is 0 Å². The third-order valence-corrected chi connectivity index (χ3v) is 13.3. The Bertz CT molecular complexity index is 2710. The van der Waals surface area contributed by atoms with E-state index < -0.39 is 0 Å². The van der Waals surface area contributed by atoms with Gasteiger partial charge in [0.15, 0.2) is 11.6 Å². The number of nitrogens with two attached hydrogens (primary N) is 1. The summed E-state index contributed by atoms with van der Waals surface area (Å²) in [6, 6.07) is 41.0. The van der Waals surface area contributed by atoms with Crippen molar-refractivity contribution in [2.75, 3.05) is 76.2 Å². The lowest BCUT2D eigenvalue weighted by molar-refractivity contribution is 0.112. The van der Waals surface area contributed by atoms with E-state index >= 15 is 0 Å². The summed E-state index contributed by atoms with van der Waals surface area (Å²) in [6.45, 7) is 16.0. The van der Waals surface area contributed by atoms with Gasteiger partial charge in [0.25, 0.3) is 11.1 Å². The molecule has 0 radical (unpaired) electrons. The topological polar surface area (TPSA) is 165 Å². The second kappa shape index (κ2) is 34.0. The van der Waals surface area contributed by atoms with Gasteiger partial charge in [-0.25, -0.2) is 9.97 Å². The van der Waals surface area contributed by atoms with Gasteiger partial charge in [-0.3, -0.25) is 24.2 Å². The molecule has 14 nitrogen and oxygen atoms in total. The van der Waals surface area contributed by atoms with Gasteiger partial charge >= 0.3 is 0 Å². The number of aldehydes is 1. The molecule has 4 aromatic carbocycles. The van der Waals surface area contributed by atoms with E-state index in [2.05, 4.69) is 135 Å². The Hall–Kier alpha value is -6.81. The molecule has 2 aromatic heterocycles. The number of anilines is 2. The summed E-state index contributed by atoms with van der Waals surface area (Å²) in [5.74, 6) is 0.932. The zero-order valence-electron chi connectivity index (χ0n) is 45.0. The fraction of sp³-hybridized carbons (Fsp3) is 0.403. The number of rotatable bonds is 20. The minimum atomic E-state index is -0.0555. The molecule has 3 saturated heterocycles. The predicted octanol–water partition coefficient (Wildman–Crippen LogP) is 9.27. The molecular weight excluding hydrogens is 949 g/mol. The average molecular weight is 1030 g/mol. The monoisotopic (exact) mass is 1030 g/mol. The highest BCUT2D eigenvalue weighted by Crippen LogP contribution is 2.18. The highest BCUT2D eigenvalue weighted by atomic mass is 16.5. The van der Waals surface area contributed by atoms with Gasteiger partial charge < -0.3 is 35.6 Å². The number of nitrogens with zero attached hydrogens (tertiary/aromatic N) is 6. The van der Waals surface area contributed by atoms with Crippen molar-refractivity contribution in [3.8, 4) is 0 Å². The molecule has 3 aliphatic heterocycles. The number of piperidine rings is 2. The van der Waals surface area contributed by atoms with Crippen molar-refractivity contribution < 1.29 is 9.53 Å². The van der Waals surface area contributed by atoms with Crippen molar-refractivity contribution in [1.82, 2.24) is 34.2 Å². The Morgan fingerprint density at radius 1 is 0.605 bits per heavy atom. The maximum atomic E-state index is 12.9. The van der Waals surface area contributed by atoms with Crippen molar-refractivity contribution in [2.24, 2.45) is 5.73 Å². The summed E-state index contributed by atoms with van der Waals surface area (Å²) in [5.41, 5.74) is 12.7. The zero-order chi connectivity index (χ0) is 53.4. The first-order chi connectivity index (χ1) is 37.3. The first-order valence-corrected chi connectivity index (χ1v) is 27.3. The summed E-state index contributed by atoms with van der Waals surface area (Å²) < 4.78 is 8.40. The summed E-state index contributed by atoms with van der Waals surface area (Å²) in [5, 5.41) is 10.2. The molecule has 0 aliphatic carbocycles. The molecule has 9 rings (SSSR count). The molecule has 0 unspecified atom stereocenters. The summed E-state index contributed by atoms with van der Waals surface area (Å²) in [6.07, 6.45) is 20.6. The molecular formula is C62H82N10O4. The zero-order valence-corrected chi connectivity index (χ0v) is 45.0. The number of aromatic nitrogens is 4. The number of nitrogens with one attached hydrogen (secondary N) is 3. The molecule has 0 saturated carbocycles. The van der Waals surface area contributed by atoms with Crippen LogP contribution in [-0.4, -0.2) is 113 Å². The largest absolute Gasteiger partial charge is 0.381 e. The van der Waals surface area contributed by atoms with E-state index in [1.54, 1.807) is 46.1 Å². The van der Waals surface area contributed by atoms with Crippen molar-refractivity contribution >= 4 is 30.1 Å². The van der Waals surface area contributed by atoms with Gasteiger partial charge in [-0.1, -0.05) is 145 Å². The number of benzene rings is 4. The van der Waals surface area contributed by atoms with Crippen LogP contribution in [0.3, 0.4) is 0 Å². The van der Waals surface area contributed by atoms with E-state index in [4.69, 9.17) is 10.5 Å². The van der Waals surface area contributed by atoms with Gasteiger partial charge in [0.05, 0.1) is 0 Å². The molecule has 0 atom stereocenters. The van der Waals surface area contributed by atoms with Gasteiger partial charge in [0.2, 0.25) is 0 Å². The van der Waals surface area contributed by atoms with Gasteiger partial charge in [0.1, 0.15) is 6.29 Å². The fourth-order valence-electron chi connectivity index (χ4n) is 9.27. The number of likely N-dealkylation sites (tertiary alicyclic amines) is 2. The molecule has 5 heterocycles. The third kappa shape index (κ3) is 21.8. The Morgan fingerprint density at radius 3 is 1.42 bits per heavy atom. The van der Waals surface area contributed by atoms with E-state index in [9.17, 15) is 14.4 Å². The van der Waals surface area contributed by atoms with Crippen LogP contribution in [0.1, 0.15) is 92.3 Å². The third-order valence-electron chi connectivity index (χ3n) is 13.3. The van der Waals surface area contributed by atoms with Gasteiger partial charge in [0, 0.05) is 115 Å². The van der Waals surface area contributed by atoms with Crippen LogP contribution in [-0.2, 0) is 24.4 Å². The summed E-state index contributed by atoms with van der Waals surface area (Å²) in [7, 11) is 0. The summed E-state index contributed by atoms with van der Waals surface area (Å²) >= 11 is 0. The molecule has 14 heteroatoms. The van der Waals surface area contributed by atoms with Crippen LogP contribution in [0.25, 0.3) is 12.2 Å². The highest BCUT2D eigenvalue weighted by Gasteiger charge is 2.22. The van der Waals surface area contributed by atoms with Crippen molar-refractivity contribution in [1.29, 1.82) is 0 Å². The van der Waals surface area contributed by atoms with Crippen LogP contribution in [0.5, 0.6) is 0 Å². The van der Waals surface area contributed by atoms with Crippen LogP contribution in [0.4, 0.5) is 11.6 Å². The summed E-state index contributed by atoms with van der Waals surface area (Å²) in [4.78, 5) is 49.0. The normalized spacial score (nSPS) is 15.5. The van der Waals surface area contributed by atoms with E-state index in [0.29, 0.717) is 37.3 Å². The number of aryl methyl sites for hydroxylation is 2. The number of carbonyl (C=O) groups excluding carboxylic acids is 1. The van der Waals surface area contributed by atoms with E-state index in [0.717, 1.165) is 116 Å². The lowest BCUT2D eigenvalue weighted by Gasteiger charge is -2.32. The van der Waals surface area contributed by atoms with Crippen molar-refractivity contribution in [3.63, 3.8) is 0 Å². The van der Waals surface area contributed by atoms with Crippen LogP contribution < -0.4 is 32.8 Å². The maximum absolute atomic E-state index is 12.9. The Kier molecular flexibility index (Phi) is 26.1. The Morgan fingerprint density at radius 2 is 1.03 bits per heavy atom. The number of carbonyl (C=O) groups is 1. The standard InChI is InChI=1S/C29H37N5O.C22H31N5O.C7H6O.C4H8O/c1-24(21-25-9-4-2-5-10-25)23-33-18-13-27(14-19-33)32-28-29(35)34(20-16-31-28)17-8-15-30-22-26-11-6-3-7-12-26;1-18(16-19-6-3-2-4-7-19)17-26-13-8-20(9-14-26)25-21-22(28)27(12-5-10-23)15-11-24-21;8-6-7-4-2-1-3-5-7;1-2-4-5-3-1/h2-7,9-12,16,20-21,27,30H,8,13-15,17-19,22-23H2,1H3,(H,31,32);2-4,6-7,11,15-16,20H,5,8-10,12-14,17,23H2,1H3,(H,24,25);1-6H;1-4H2/b24-21+;18-16+;;. The van der Waals surface area contributed by atoms with Crippen LogP contribution >= 0.6 is 0 Å². The number of hydrogen-bond donors (Lipinski definition) is 4. The lowest BCUT2D eigenvalue weighted by atomic mass is 10.0. The average Bonchev–Trinajstić information content (AvgIpc) is 4.06. The fourth-order valence-corrected chi connectivity index (χ4v) is 9.27. The quantitative estimate of drug-likeness (QED) is 0.0424. The van der Waals surface area contributed by atoms with Crippen LogP contribution in [0.2, 0.25) is 0 Å². The predicted molar refractivity (Wildman–Crippen MR) is 312 cm³/mol. The van der Waals surface area contributed by atoms with Crippen molar-refractivity contribution in [3.05, 3.63) is 200 Å². The molecule has 3 aliphatic rings. The molecule has 404 valence electrons. The lowest BCUT2D eigenvalue weighted by Crippen LogP contribution is -2.41. The second-order valence-corrected chi connectivity index (χ2v) is 19.7. The van der Waals surface area contributed by atoms with Crippen LogP contribution in [0, 0.1) is 0 Å². The van der Waals surface area contributed by atoms with E-state index in [1.165, 1.54) is 40.7 Å². The maximum Gasteiger partial charge on any atom is 0.293 e. The minimum Gasteiger partial charge on any atom is -0.381 e. The van der Waals surface area contributed by atoms with Gasteiger partial charge in [-0.05, 0) is 95.0 Å². The molecule has 5 N–H and O–H groups in total. The number of hydrogen-bond acceptors (Lipinski definition) is 12. The molecule has 3 fully saturated rings. The smallest absolute Gasteiger partial charge is 0.293 e. The second-order valence-electron chi connectivity index (χ2n) is 19.7. The molecule has 6 aromatic rings. The molecule has 0 amide bonds. The Labute approximate surface area is 451 Å².